The maximum absolute atomic E-state index is 13.9. The van der Waals surface area contributed by atoms with E-state index in [0.29, 0.717) is 19.5 Å². The molecule has 2 aromatic carbocycles. The SMILES string of the molecule is CC[C@H](C)[C@H](NC(=O)OC)C(=O)N1CCC[C@H]1C1=CN=C(c2ccc3c(c2)Oc2ccc(-c4ncc([C@@H]5CCCN5C(=O)[C@@H](NC(=O)OC)[C@@H](C)CC)[nH]4)cc2C32CC2)C1. The summed E-state index contributed by atoms with van der Waals surface area (Å²) >= 11 is 0. The molecule has 1 aliphatic carbocycles. The number of nitrogens with zero attached hydrogens (tertiary/aromatic N) is 4. The van der Waals surface area contributed by atoms with Gasteiger partial charge in [0.2, 0.25) is 11.8 Å². The van der Waals surface area contributed by atoms with Crippen molar-refractivity contribution in [1.82, 2.24) is 30.4 Å². The lowest BCUT2D eigenvalue weighted by molar-refractivity contribution is -0.136. The first-order valence-electron chi connectivity index (χ1n) is 21.6. The topological polar surface area (TPSA) is 168 Å². The quantitative estimate of drug-likeness (QED) is 0.169. The number of aromatic nitrogens is 2. The van der Waals surface area contributed by atoms with Gasteiger partial charge in [0.05, 0.1) is 43.9 Å². The van der Waals surface area contributed by atoms with Crippen molar-refractivity contribution in [1.29, 1.82) is 0 Å². The number of alkyl carbamates (subject to hydrolysis) is 2. The van der Waals surface area contributed by atoms with Crippen LogP contribution in [0.4, 0.5) is 9.59 Å². The fourth-order valence-corrected chi connectivity index (χ4v) is 9.59. The number of hydrogen-bond donors (Lipinski definition) is 3. The third kappa shape index (κ3) is 7.53. The molecule has 8 rings (SSSR count). The molecule has 3 aromatic rings. The predicted molar refractivity (Wildman–Crippen MR) is 226 cm³/mol. The summed E-state index contributed by atoms with van der Waals surface area (Å²) in [4.78, 5) is 69.0. The van der Waals surface area contributed by atoms with E-state index in [1.807, 2.05) is 62.0 Å². The lowest BCUT2D eigenvalue weighted by Crippen LogP contribution is -2.53. The number of methoxy groups -OCH3 is 2. The first-order chi connectivity index (χ1) is 29.0. The molecule has 0 unspecified atom stereocenters. The highest BCUT2D eigenvalue weighted by atomic mass is 16.5. The fourth-order valence-electron chi connectivity index (χ4n) is 9.59. The molecule has 60 heavy (non-hydrogen) atoms. The highest BCUT2D eigenvalue weighted by Crippen LogP contribution is 2.62. The van der Waals surface area contributed by atoms with E-state index in [1.54, 1.807) is 0 Å². The van der Waals surface area contributed by atoms with Crippen molar-refractivity contribution >= 4 is 29.7 Å². The largest absolute Gasteiger partial charge is 0.457 e. The Labute approximate surface area is 351 Å². The zero-order chi connectivity index (χ0) is 42.3. The van der Waals surface area contributed by atoms with Crippen LogP contribution in [0.1, 0.15) is 114 Å². The smallest absolute Gasteiger partial charge is 0.407 e. The fraction of sp³-hybridized carbons (Fsp3) is 0.522. The number of rotatable bonds is 12. The Bertz CT molecular complexity index is 2230. The number of likely N-dealkylation sites (tertiary alicyclic amines) is 2. The molecule has 3 N–H and O–H groups in total. The van der Waals surface area contributed by atoms with Crippen molar-refractivity contribution in [2.24, 2.45) is 16.8 Å². The zero-order valence-corrected chi connectivity index (χ0v) is 35.5. The lowest BCUT2D eigenvalue weighted by Gasteiger charge is -2.32. The number of nitrogens with one attached hydrogen (secondary N) is 3. The van der Waals surface area contributed by atoms with Crippen LogP contribution in [0.3, 0.4) is 0 Å². The molecule has 5 heterocycles. The van der Waals surface area contributed by atoms with Crippen LogP contribution in [0.25, 0.3) is 11.4 Å². The number of carbonyl (C=O) groups excluding carboxylic acids is 4. The van der Waals surface area contributed by atoms with Crippen LogP contribution in [0, 0.1) is 11.8 Å². The number of fused-ring (bicyclic) bond motifs is 4. The Morgan fingerprint density at radius 1 is 0.833 bits per heavy atom. The molecule has 1 saturated carbocycles. The van der Waals surface area contributed by atoms with Crippen LogP contribution in [-0.2, 0) is 24.5 Å². The average molecular weight is 820 g/mol. The first kappa shape index (κ1) is 41.1. The second kappa shape index (κ2) is 16.8. The highest BCUT2D eigenvalue weighted by molar-refractivity contribution is 6.04. The predicted octanol–water partition coefficient (Wildman–Crippen LogP) is 7.53. The van der Waals surface area contributed by atoms with E-state index in [-0.39, 0.29) is 41.1 Å². The van der Waals surface area contributed by atoms with Crippen LogP contribution in [0.5, 0.6) is 11.5 Å². The number of aliphatic imine (C=N–C) groups is 1. The molecular formula is C46H57N7O7. The van der Waals surface area contributed by atoms with Crippen LogP contribution in [0.2, 0.25) is 0 Å². The van der Waals surface area contributed by atoms with Crippen LogP contribution in [-0.4, -0.2) is 94.9 Å². The van der Waals surface area contributed by atoms with Gasteiger partial charge in [0.1, 0.15) is 29.4 Å². The molecule has 4 aliphatic heterocycles. The Kier molecular flexibility index (Phi) is 11.5. The van der Waals surface area contributed by atoms with Crippen molar-refractivity contribution in [2.45, 2.75) is 115 Å². The van der Waals surface area contributed by atoms with Gasteiger partial charge >= 0.3 is 12.2 Å². The van der Waals surface area contributed by atoms with E-state index in [2.05, 4.69) is 39.9 Å². The summed E-state index contributed by atoms with van der Waals surface area (Å²) in [6, 6.07) is 11.1. The molecule has 14 nitrogen and oxygen atoms in total. The van der Waals surface area contributed by atoms with Gasteiger partial charge in [-0.3, -0.25) is 14.6 Å². The van der Waals surface area contributed by atoms with E-state index in [4.69, 9.17) is 24.2 Å². The van der Waals surface area contributed by atoms with Gasteiger partial charge in [-0.1, -0.05) is 52.7 Å². The number of amides is 4. The molecule has 4 amide bonds. The third-order valence-corrected chi connectivity index (χ3v) is 13.7. The van der Waals surface area contributed by atoms with E-state index >= 15 is 0 Å². The second-order valence-electron chi connectivity index (χ2n) is 17.1. The van der Waals surface area contributed by atoms with Crippen molar-refractivity contribution in [3.05, 3.63) is 76.8 Å². The maximum atomic E-state index is 13.9. The standard InChI is InChI=1S/C46H57N7O7/c1-7-26(3)39(50-44(56)58-5)42(54)52-19-9-11-35(52)30-22-33(47-24-30)28-13-15-31-38(23-28)60-37-16-14-29(21-32(37)46(31)17-18-46)41-48-25-34(49-41)36-12-10-20-53(36)43(55)40(27(4)8-2)51-45(57)59-6/h13-16,21,23-27,35-36,39-40H,7-12,17-20,22H2,1-6H3,(H,48,49)(H,50,56)(H,51,57)/t26-,27-,35-,36-,39-,40-/m0/s1. The molecule has 0 radical (unpaired) electrons. The minimum absolute atomic E-state index is 0.0403. The molecule has 318 valence electrons. The third-order valence-electron chi connectivity index (χ3n) is 13.7. The molecule has 14 heteroatoms. The van der Waals surface area contributed by atoms with Crippen LogP contribution in [0.15, 0.2) is 59.4 Å². The molecule has 1 aromatic heterocycles. The van der Waals surface area contributed by atoms with Gasteiger partial charge in [-0.25, -0.2) is 14.6 Å². The number of H-pyrrole nitrogens is 1. The summed E-state index contributed by atoms with van der Waals surface area (Å²) < 4.78 is 16.3. The average Bonchev–Trinajstić information content (AvgIpc) is 3.84. The molecule has 5 aliphatic rings. The van der Waals surface area contributed by atoms with Gasteiger partial charge in [0.25, 0.3) is 0 Å². The summed E-state index contributed by atoms with van der Waals surface area (Å²) in [5, 5.41) is 5.56. The highest BCUT2D eigenvalue weighted by Gasteiger charge is 2.52. The van der Waals surface area contributed by atoms with Crippen LogP contribution < -0.4 is 15.4 Å². The molecule has 3 fully saturated rings. The lowest BCUT2D eigenvalue weighted by atomic mass is 9.83. The van der Waals surface area contributed by atoms with Crippen molar-refractivity contribution in [3.63, 3.8) is 0 Å². The number of aromatic amines is 1. The Morgan fingerprint density at radius 2 is 1.45 bits per heavy atom. The number of carbonyl (C=O) groups is 4. The Morgan fingerprint density at radius 3 is 2.07 bits per heavy atom. The number of imidazole rings is 1. The summed E-state index contributed by atoms with van der Waals surface area (Å²) in [5.74, 6) is 2.12. The van der Waals surface area contributed by atoms with E-state index < -0.39 is 24.3 Å². The van der Waals surface area contributed by atoms with Crippen LogP contribution >= 0.6 is 0 Å². The van der Waals surface area contributed by atoms with Gasteiger partial charge in [-0.05, 0) is 85.8 Å². The van der Waals surface area contributed by atoms with Gasteiger partial charge in [-0.15, -0.1) is 0 Å². The molecule has 2 saturated heterocycles. The summed E-state index contributed by atoms with van der Waals surface area (Å²) in [7, 11) is 2.62. The van der Waals surface area contributed by atoms with Crippen molar-refractivity contribution in [3.8, 4) is 22.9 Å². The van der Waals surface area contributed by atoms with Gasteiger partial charge in [0, 0.05) is 47.8 Å². The van der Waals surface area contributed by atoms with E-state index in [0.717, 1.165) is 102 Å². The monoisotopic (exact) mass is 819 g/mol. The normalized spacial score (nSPS) is 21.8. The molecule has 6 atom stereocenters. The van der Waals surface area contributed by atoms with Crippen molar-refractivity contribution < 1.29 is 33.4 Å². The second-order valence-corrected chi connectivity index (χ2v) is 17.1. The Hall–Kier alpha value is -5.66. The maximum Gasteiger partial charge on any atom is 0.407 e. The van der Waals surface area contributed by atoms with E-state index in [1.165, 1.54) is 19.8 Å². The first-order valence-corrected chi connectivity index (χ1v) is 21.6. The number of hydrogen-bond acceptors (Lipinski definition) is 9. The summed E-state index contributed by atoms with van der Waals surface area (Å²) in [6.45, 7) is 9.21. The summed E-state index contributed by atoms with van der Waals surface area (Å²) in [6.07, 6.45) is 10.1. The van der Waals surface area contributed by atoms with Gasteiger partial charge in [0.15, 0.2) is 0 Å². The minimum atomic E-state index is -0.674. The summed E-state index contributed by atoms with van der Waals surface area (Å²) in [5.41, 5.74) is 7.03. The molecule has 0 bridgehead atoms. The zero-order valence-electron chi connectivity index (χ0n) is 35.5. The number of benzene rings is 2. The Balaban J connectivity index is 0.961. The van der Waals surface area contributed by atoms with E-state index in [9.17, 15) is 19.2 Å². The van der Waals surface area contributed by atoms with Gasteiger partial charge in [-0.2, -0.15) is 0 Å². The molecular weight excluding hydrogens is 763 g/mol. The van der Waals surface area contributed by atoms with Gasteiger partial charge < -0.3 is 39.6 Å². The number of ether oxygens (including phenoxy) is 3. The molecule has 1 spiro atoms. The minimum Gasteiger partial charge on any atom is -0.457 e. The van der Waals surface area contributed by atoms with Crippen molar-refractivity contribution in [2.75, 3.05) is 27.3 Å².